The molecule has 0 aliphatic heterocycles. The number of carbonyl (C=O) groups excluding carboxylic acids is 2. The molecule has 3 aromatic rings. The van der Waals surface area contributed by atoms with Gasteiger partial charge in [0.15, 0.2) is 11.8 Å². The van der Waals surface area contributed by atoms with Crippen molar-refractivity contribution in [3.8, 4) is 5.75 Å². The van der Waals surface area contributed by atoms with Crippen LogP contribution in [0.5, 0.6) is 5.75 Å². The molecular formula is C26H30N4O3S. The maximum absolute atomic E-state index is 12.4. The Morgan fingerprint density at radius 3 is 2.35 bits per heavy atom. The van der Waals surface area contributed by atoms with E-state index in [0.29, 0.717) is 23.0 Å². The number of hydrazine groups is 1. The first-order chi connectivity index (χ1) is 16.4. The van der Waals surface area contributed by atoms with Crippen LogP contribution in [0.15, 0.2) is 59.8 Å². The highest BCUT2D eigenvalue weighted by Crippen LogP contribution is 2.28. The second kappa shape index (κ2) is 12.2. The Morgan fingerprint density at radius 2 is 1.68 bits per heavy atom. The lowest BCUT2D eigenvalue weighted by atomic mass is 9.98. The first-order valence-electron chi connectivity index (χ1n) is 11.2. The molecule has 2 N–H and O–H groups in total. The number of aromatic nitrogens is 2. The van der Waals surface area contributed by atoms with Gasteiger partial charge in [-0.1, -0.05) is 55.9 Å². The smallest absolute Gasteiger partial charge is 0.276 e. The molecule has 1 unspecified atom stereocenters. The van der Waals surface area contributed by atoms with Crippen molar-refractivity contribution in [2.45, 2.75) is 50.9 Å². The molecule has 0 saturated carbocycles. The Kier molecular flexibility index (Phi) is 9.04. The Bertz CT molecular complexity index is 1110. The summed E-state index contributed by atoms with van der Waals surface area (Å²) < 4.78 is 5.68. The number of amides is 2. The van der Waals surface area contributed by atoms with Gasteiger partial charge in [0.2, 0.25) is 0 Å². The zero-order valence-electron chi connectivity index (χ0n) is 19.9. The molecule has 1 atom stereocenters. The molecule has 3 rings (SSSR count). The Hall–Kier alpha value is -3.39. The highest BCUT2D eigenvalue weighted by molar-refractivity contribution is 7.98. The molecule has 178 valence electrons. The van der Waals surface area contributed by atoms with Gasteiger partial charge >= 0.3 is 0 Å². The Morgan fingerprint density at radius 1 is 1.00 bits per heavy atom. The van der Waals surface area contributed by atoms with E-state index in [0.717, 1.165) is 34.1 Å². The number of carbonyl (C=O) groups is 2. The molecule has 7 nitrogen and oxygen atoms in total. The van der Waals surface area contributed by atoms with Crippen LogP contribution in [0.25, 0.3) is 0 Å². The van der Waals surface area contributed by atoms with Crippen molar-refractivity contribution >= 4 is 23.6 Å². The second-order valence-corrected chi connectivity index (χ2v) is 9.00. The molecule has 2 amide bonds. The van der Waals surface area contributed by atoms with Gasteiger partial charge in [0.25, 0.3) is 11.8 Å². The van der Waals surface area contributed by atoms with Crippen LogP contribution in [0.4, 0.5) is 0 Å². The van der Waals surface area contributed by atoms with Crippen LogP contribution in [0.1, 0.15) is 59.1 Å². The quantitative estimate of drug-likeness (QED) is 0.262. The van der Waals surface area contributed by atoms with E-state index < -0.39 is 11.8 Å². The maximum atomic E-state index is 12.4. The lowest BCUT2D eigenvalue weighted by Gasteiger charge is -2.15. The van der Waals surface area contributed by atoms with Crippen LogP contribution in [0.2, 0.25) is 0 Å². The van der Waals surface area contributed by atoms with Crippen molar-refractivity contribution in [2.75, 3.05) is 6.61 Å². The van der Waals surface area contributed by atoms with Crippen LogP contribution in [0, 0.1) is 13.8 Å². The topological polar surface area (TPSA) is 93.2 Å². The molecule has 0 spiro atoms. The summed E-state index contributed by atoms with van der Waals surface area (Å²) in [6, 6.07) is 16.8. The van der Waals surface area contributed by atoms with E-state index in [1.807, 2.05) is 56.3 Å². The fourth-order valence-electron chi connectivity index (χ4n) is 3.28. The fourth-order valence-corrected chi connectivity index (χ4v) is 4.18. The summed E-state index contributed by atoms with van der Waals surface area (Å²) in [7, 11) is 0. The summed E-state index contributed by atoms with van der Waals surface area (Å²) in [6.45, 7) is 7.92. The Labute approximate surface area is 204 Å². The van der Waals surface area contributed by atoms with Gasteiger partial charge in [-0.2, -0.15) is 0 Å². The van der Waals surface area contributed by atoms with Crippen molar-refractivity contribution in [3.63, 3.8) is 0 Å². The van der Waals surface area contributed by atoms with Gasteiger partial charge in [-0.3, -0.25) is 20.4 Å². The molecule has 2 aromatic carbocycles. The summed E-state index contributed by atoms with van der Waals surface area (Å²) in [5, 5.41) is 0.732. The van der Waals surface area contributed by atoms with Gasteiger partial charge in [-0.15, -0.1) is 0 Å². The van der Waals surface area contributed by atoms with E-state index >= 15 is 0 Å². The first kappa shape index (κ1) is 25.2. The van der Waals surface area contributed by atoms with E-state index in [1.165, 1.54) is 0 Å². The fraction of sp³-hybridized carbons (Fsp3) is 0.308. The molecule has 34 heavy (non-hydrogen) atoms. The molecular weight excluding hydrogens is 448 g/mol. The molecule has 0 saturated heterocycles. The van der Waals surface area contributed by atoms with Crippen LogP contribution >= 0.6 is 11.8 Å². The standard InChI is InChI=1S/C26H30N4O3S/c1-5-17(2)22-8-6-7-9-23(22)33-15-24(31)29-30-25(32)21-12-10-20(11-13-21)16-34-26-27-18(3)14-19(4)28-26/h6-14,17H,5,15-16H2,1-4H3,(H,29,31)(H,30,32). The van der Waals surface area contributed by atoms with E-state index in [4.69, 9.17) is 4.74 Å². The third kappa shape index (κ3) is 7.31. The number of hydrogen-bond acceptors (Lipinski definition) is 6. The first-order valence-corrected chi connectivity index (χ1v) is 12.2. The summed E-state index contributed by atoms with van der Waals surface area (Å²) in [5.74, 6) is 0.863. The predicted molar refractivity (Wildman–Crippen MR) is 134 cm³/mol. The largest absolute Gasteiger partial charge is 0.483 e. The molecule has 0 fully saturated rings. The lowest BCUT2D eigenvalue weighted by Crippen LogP contribution is -2.43. The van der Waals surface area contributed by atoms with E-state index in [9.17, 15) is 9.59 Å². The number of benzene rings is 2. The maximum Gasteiger partial charge on any atom is 0.276 e. The van der Waals surface area contributed by atoms with Crippen LogP contribution in [-0.2, 0) is 10.5 Å². The van der Waals surface area contributed by atoms with Gasteiger partial charge in [-0.05, 0) is 61.6 Å². The number of nitrogens with one attached hydrogen (secondary N) is 2. The third-order valence-electron chi connectivity index (χ3n) is 5.28. The predicted octanol–water partition coefficient (Wildman–Crippen LogP) is 4.74. The monoisotopic (exact) mass is 478 g/mol. The molecule has 0 aliphatic rings. The number of nitrogens with zero attached hydrogens (tertiary/aromatic N) is 2. The zero-order chi connectivity index (χ0) is 24.5. The van der Waals surface area contributed by atoms with Crippen LogP contribution in [0.3, 0.4) is 0 Å². The summed E-state index contributed by atoms with van der Waals surface area (Å²) in [5.41, 5.74) is 9.26. The average Bonchev–Trinajstić information content (AvgIpc) is 2.84. The van der Waals surface area contributed by atoms with Gasteiger partial charge in [0, 0.05) is 22.7 Å². The molecule has 1 heterocycles. The van der Waals surface area contributed by atoms with Crippen molar-refractivity contribution in [1.29, 1.82) is 0 Å². The minimum Gasteiger partial charge on any atom is -0.483 e. The van der Waals surface area contributed by atoms with E-state index in [1.54, 1.807) is 23.9 Å². The SMILES string of the molecule is CCC(C)c1ccccc1OCC(=O)NNC(=O)c1ccc(CSc2nc(C)cc(C)n2)cc1. The number of rotatable bonds is 9. The number of thioether (sulfide) groups is 1. The molecule has 0 radical (unpaired) electrons. The minimum absolute atomic E-state index is 0.190. The van der Waals surface area contributed by atoms with Gasteiger partial charge in [-0.25, -0.2) is 9.97 Å². The van der Waals surface area contributed by atoms with Gasteiger partial charge in [0.1, 0.15) is 5.75 Å². The van der Waals surface area contributed by atoms with Gasteiger partial charge < -0.3 is 4.74 Å². The van der Waals surface area contributed by atoms with Gasteiger partial charge in [0.05, 0.1) is 0 Å². The highest BCUT2D eigenvalue weighted by Gasteiger charge is 2.12. The molecule has 8 heteroatoms. The zero-order valence-corrected chi connectivity index (χ0v) is 20.7. The average molecular weight is 479 g/mol. The van der Waals surface area contributed by atoms with Crippen molar-refractivity contribution in [2.24, 2.45) is 0 Å². The molecule has 1 aromatic heterocycles. The van der Waals surface area contributed by atoms with E-state index in [2.05, 4.69) is 34.7 Å². The van der Waals surface area contributed by atoms with Crippen LogP contribution in [-0.4, -0.2) is 28.4 Å². The molecule has 0 aliphatic carbocycles. The second-order valence-electron chi connectivity index (χ2n) is 8.06. The third-order valence-corrected chi connectivity index (χ3v) is 6.20. The normalized spacial score (nSPS) is 11.5. The minimum atomic E-state index is -0.436. The summed E-state index contributed by atoms with van der Waals surface area (Å²) in [6.07, 6.45) is 0.972. The number of ether oxygens (including phenoxy) is 1. The summed E-state index contributed by atoms with van der Waals surface area (Å²) >= 11 is 1.54. The van der Waals surface area contributed by atoms with Crippen molar-refractivity contribution in [1.82, 2.24) is 20.8 Å². The molecule has 0 bridgehead atoms. The van der Waals surface area contributed by atoms with Crippen molar-refractivity contribution in [3.05, 3.63) is 82.7 Å². The van der Waals surface area contributed by atoms with Crippen LogP contribution < -0.4 is 15.6 Å². The number of aryl methyl sites for hydroxylation is 2. The Balaban J connectivity index is 1.46. The highest BCUT2D eigenvalue weighted by atomic mass is 32.2. The lowest BCUT2D eigenvalue weighted by molar-refractivity contribution is -0.123. The number of para-hydroxylation sites is 1. The number of hydrogen-bond donors (Lipinski definition) is 2. The summed E-state index contributed by atoms with van der Waals surface area (Å²) in [4.78, 5) is 33.4. The van der Waals surface area contributed by atoms with E-state index in [-0.39, 0.29) is 6.61 Å². The van der Waals surface area contributed by atoms with Crippen molar-refractivity contribution < 1.29 is 14.3 Å².